The van der Waals surface area contributed by atoms with E-state index in [-0.39, 0.29) is 5.75 Å². The van der Waals surface area contributed by atoms with Gasteiger partial charge in [-0.05, 0) is 55.9 Å². The Kier molecular flexibility index (Phi) is 4.28. The molecule has 20 heavy (non-hydrogen) atoms. The van der Waals surface area contributed by atoms with E-state index < -0.39 is 10.0 Å². The van der Waals surface area contributed by atoms with E-state index in [9.17, 15) is 8.42 Å². The highest BCUT2D eigenvalue weighted by atomic mass is 32.2. The zero-order chi connectivity index (χ0) is 14.8. The van der Waals surface area contributed by atoms with Gasteiger partial charge in [-0.1, -0.05) is 13.8 Å². The topological polar surface area (TPSA) is 58.2 Å². The molecular formula is C15H24N2O2S. The van der Waals surface area contributed by atoms with E-state index in [1.165, 1.54) is 19.3 Å². The fraction of sp³-hybridized carbons (Fsp3) is 0.600. The Labute approximate surface area is 122 Å². The van der Waals surface area contributed by atoms with Crippen LogP contribution >= 0.6 is 0 Å². The Balaban J connectivity index is 1.95. The molecule has 1 saturated carbocycles. The first kappa shape index (κ1) is 15.2. The molecule has 2 rings (SSSR count). The van der Waals surface area contributed by atoms with Crippen molar-refractivity contribution in [3.8, 4) is 0 Å². The zero-order valence-corrected chi connectivity index (χ0v) is 13.3. The molecule has 1 atom stereocenters. The van der Waals surface area contributed by atoms with E-state index in [4.69, 9.17) is 0 Å². The first-order valence-electron chi connectivity index (χ1n) is 7.17. The summed E-state index contributed by atoms with van der Waals surface area (Å²) in [5.74, 6) is 0.0875. The first-order chi connectivity index (χ1) is 9.30. The summed E-state index contributed by atoms with van der Waals surface area (Å²) < 4.78 is 25.5. The molecule has 0 aromatic heterocycles. The number of benzene rings is 1. The lowest BCUT2D eigenvalue weighted by Gasteiger charge is -2.18. The summed E-state index contributed by atoms with van der Waals surface area (Å²) in [6.07, 6.45) is 3.62. The second-order valence-electron chi connectivity index (χ2n) is 6.33. The van der Waals surface area contributed by atoms with Gasteiger partial charge in [-0.25, -0.2) is 8.42 Å². The van der Waals surface area contributed by atoms with Crippen LogP contribution in [0.25, 0.3) is 0 Å². The molecule has 4 nitrogen and oxygen atoms in total. The predicted octanol–water partition coefficient (Wildman–Crippen LogP) is 3.44. The van der Waals surface area contributed by atoms with Gasteiger partial charge in [0, 0.05) is 17.4 Å². The van der Waals surface area contributed by atoms with E-state index in [0.29, 0.717) is 17.1 Å². The standard InChI is InChI=1S/C15H24N2O2S/c1-4-20(18,19)17-13-7-5-12(6-8-13)16-14-9-10-15(2,3)11-14/h5-8,14,16-17H,4,9-11H2,1-3H3. The van der Waals surface area contributed by atoms with Crippen molar-refractivity contribution in [1.29, 1.82) is 0 Å². The van der Waals surface area contributed by atoms with Crippen molar-refractivity contribution < 1.29 is 8.42 Å². The molecule has 1 unspecified atom stereocenters. The summed E-state index contributed by atoms with van der Waals surface area (Å²) in [5, 5.41) is 3.52. The number of sulfonamides is 1. The molecule has 1 aromatic carbocycles. The molecule has 2 N–H and O–H groups in total. The van der Waals surface area contributed by atoms with E-state index >= 15 is 0 Å². The maximum atomic E-state index is 11.5. The van der Waals surface area contributed by atoms with E-state index in [1.54, 1.807) is 19.1 Å². The fourth-order valence-corrected chi connectivity index (χ4v) is 3.32. The van der Waals surface area contributed by atoms with Crippen LogP contribution in [-0.2, 0) is 10.0 Å². The minimum atomic E-state index is -3.19. The second-order valence-corrected chi connectivity index (χ2v) is 8.34. The van der Waals surface area contributed by atoms with Gasteiger partial charge in [0.15, 0.2) is 0 Å². The average Bonchev–Trinajstić information content (AvgIpc) is 2.71. The van der Waals surface area contributed by atoms with E-state index in [0.717, 1.165) is 5.69 Å². The first-order valence-corrected chi connectivity index (χ1v) is 8.82. The van der Waals surface area contributed by atoms with Gasteiger partial charge < -0.3 is 5.32 Å². The molecule has 5 heteroatoms. The number of hydrogen-bond acceptors (Lipinski definition) is 3. The maximum absolute atomic E-state index is 11.5. The molecule has 0 amide bonds. The van der Waals surface area contributed by atoms with Gasteiger partial charge in [0.25, 0.3) is 0 Å². The smallest absolute Gasteiger partial charge is 0.232 e. The minimum absolute atomic E-state index is 0.0875. The summed E-state index contributed by atoms with van der Waals surface area (Å²) in [4.78, 5) is 0. The molecule has 1 aromatic rings. The summed E-state index contributed by atoms with van der Waals surface area (Å²) in [6.45, 7) is 6.23. The normalized spacial score (nSPS) is 21.6. The molecule has 1 aliphatic carbocycles. The molecule has 1 fully saturated rings. The van der Waals surface area contributed by atoms with E-state index in [2.05, 4.69) is 23.9 Å². The van der Waals surface area contributed by atoms with Gasteiger partial charge in [0.1, 0.15) is 0 Å². The highest BCUT2D eigenvalue weighted by Gasteiger charge is 2.30. The van der Waals surface area contributed by atoms with Crippen molar-refractivity contribution in [2.24, 2.45) is 5.41 Å². The number of anilines is 2. The van der Waals surface area contributed by atoms with Crippen LogP contribution in [0, 0.1) is 5.41 Å². The fourth-order valence-electron chi connectivity index (χ4n) is 2.68. The van der Waals surface area contributed by atoms with Crippen molar-refractivity contribution in [2.75, 3.05) is 15.8 Å². The average molecular weight is 296 g/mol. The number of rotatable bonds is 5. The molecule has 0 spiro atoms. The van der Waals surface area contributed by atoms with Crippen LogP contribution in [0.5, 0.6) is 0 Å². The summed E-state index contributed by atoms with van der Waals surface area (Å²) in [6, 6.07) is 7.98. The lowest BCUT2D eigenvalue weighted by atomic mass is 9.92. The van der Waals surface area contributed by atoms with Crippen LogP contribution < -0.4 is 10.0 Å². The lowest BCUT2D eigenvalue weighted by Crippen LogP contribution is -2.17. The van der Waals surface area contributed by atoms with Gasteiger partial charge in [0.05, 0.1) is 5.75 Å². The van der Waals surface area contributed by atoms with Gasteiger partial charge in [0.2, 0.25) is 10.0 Å². The van der Waals surface area contributed by atoms with Crippen LogP contribution in [0.2, 0.25) is 0 Å². The summed E-state index contributed by atoms with van der Waals surface area (Å²) in [5.41, 5.74) is 2.09. The second kappa shape index (κ2) is 5.64. The van der Waals surface area contributed by atoms with Crippen LogP contribution in [0.3, 0.4) is 0 Å². The minimum Gasteiger partial charge on any atom is -0.382 e. The van der Waals surface area contributed by atoms with Gasteiger partial charge in [-0.3, -0.25) is 4.72 Å². The van der Waals surface area contributed by atoms with Crippen molar-refractivity contribution in [2.45, 2.75) is 46.1 Å². The SMILES string of the molecule is CCS(=O)(=O)Nc1ccc(NC2CCC(C)(C)C2)cc1. The monoisotopic (exact) mass is 296 g/mol. The highest BCUT2D eigenvalue weighted by molar-refractivity contribution is 7.92. The lowest BCUT2D eigenvalue weighted by molar-refractivity contribution is 0.378. The van der Waals surface area contributed by atoms with Gasteiger partial charge in [-0.2, -0.15) is 0 Å². The van der Waals surface area contributed by atoms with Crippen molar-refractivity contribution in [3.63, 3.8) is 0 Å². The molecule has 0 radical (unpaired) electrons. The highest BCUT2D eigenvalue weighted by Crippen LogP contribution is 2.38. The third-order valence-corrected chi connectivity index (χ3v) is 5.18. The van der Waals surface area contributed by atoms with Crippen molar-refractivity contribution >= 4 is 21.4 Å². The molecule has 1 aliphatic rings. The Hall–Kier alpha value is -1.23. The molecular weight excluding hydrogens is 272 g/mol. The third-order valence-electron chi connectivity index (χ3n) is 3.88. The Bertz CT molecular complexity index is 550. The molecule has 0 aliphatic heterocycles. The maximum Gasteiger partial charge on any atom is 0.232 e. The van der Waals surface area contributed by atoms with Gasteiger partial charge in [-0.15, -0.1) is 0 Å². The quantitative estimate of drug-likeness (QED) is 0.875. The number of nitrogens with one attached hydrogen (secondary N) is 2. The molecule has 112 valence electrons. The van der Waals surface area contributed by atoms with Crippen LogP contribution in [0.15, 0.2) is 24.3 Å². The summed E-state index contributed by atoms with van der Waals surface area (Å²) >= 11 is 0. The van der Waals surface area contributed by atoms with Crippen LogP contribution in [0.1, 0.15) is 40.0 Å². The molecule has 0 bridgehead atoms. The van der Waals surface area contributed by atoms with Gasteiger partial charge >= 0.3 is 0 Å². The predicted molar refractivity (Wildman–Crippen MR) is 84.6 cm³/mol. The van der Waals surface area contributed by atoms with Crippen LogP contribution in [-0.4, -0.2) is 20.2 Å². The van der Waals surface area contributed by atoms with E-state index in [1.807, 2.05) is 12.1 Å². The summed E-state index contributed by atoms with van der Waals surface area (Å²) in [7, 11) is -3.19. The van der Waals surface area contributed by atoms with Crippen molar-refractivity contribution in [3.05, 3.63) is 24.3 Å². The Morgan fingerprint density at radius 3 is 2.30 bits per heavy atom. The Morgan fingerprint density at radius 1 is 1.20 bits per heavy atom. The molecule has 0 saturated heterocycles. The zero-order valence-electron chi connectivity index (χ0n) is 12.4. The third kappa shape index (κ3) is 4.13. The van der Waals surface area contributed by atoms with Crippen molar-refractivity contribution in [1.82, 2.24) is 0 Å². The largest absolute Gasteiger partial charge is 0.382 e. The molecule has 0 heterocycles. The number of hydrogen-bond donors (Lipinski definition) is 2. The van der Waals surface area contributed by atoms with Crippen LogP contribution in [0.4, 0.5) is 11.4 Å². The Morgan fingerprint density at radius 2 is 1.80 bits per heavy atom.